The smallest absolute Gasteiger partial charge is 0.304 e. The van der Waals surface area contributed by atoms with Gasteiger partial charge in [0.2, 0.25) is 10.0 Å². The number of carboxylic acids is 1. The first kappa shape index (κ1) is 16.1. The highest BCUT2D eigenvalue weighted by atomic mass is 32.2. The highest BCUT2D eigenvalue weighted by Crippen LogP contribution is 2.20. The summed E-state index contributed by atoms with van der Waals surface area (Å²) in [6.45, 7) is 0.178. The second-order valence-electron chi connectivity index (χ2n) is 4.67. The molecule has 1 aromatic carbocycles. The molecule has 0 aliphatic heterocycles. The number of aromatic nitrogens is 3. The molecular weight excluding hydrogens is 308 g/mol. The van der Waals surface area contributed by atoms with Gasteiger partial charge in [0.25, 0.3) is 0 Å². The number of hydrogen-bond donors (Lipinski definition) is 1. The standard InChI is InChI=1S/C13H16N4O4S/c1-16(7-6-13(18)19)22(20,21)12-5-3-2-4-11(12)8-17-10-14-9-15-17/h2-5,9-10H,6-8H2,1H3,(H,18,19). The molecule has 1 aromatic heterocycles. The first-order chi connectivity index (χ1) is 10.4. The summed E-state index contributed by atoms with van der Waals surface area (Å²) in [5.41, 5.74) is 0.565. The third kappa shape index (κ3) is 3.68. The van der Waals surface area contributed by atoms with Crippen LogP contribution in [0.25, 0.3) is 0 Å². The van der Waals surface area contributed by atoms with Crippen molar-refractivity contribution in [3.8, 4) is 0 Å². The lowest BCUT2D eigenvalue weighted by molar-refractivity contribution is -0.137. The average molecular weight is 324 g/mol. The highest BCUT2D eigenvalue weighted by molar-refractivity contribution is 7.89. The topological polar surface area (TPSA) is 105 Å². The van der Waals surface area contributed by atoms with E-state index in [0.29, 0.717) is 5.56 Å². The van der Waals surface area contributed by atoms with E-state index in [9.17, 15) is 13.2 Å². The molecule has 0 fully saturated rings. The molecule has 0 atom stereocenters. The number of nitrogens with zero attached hydrogens (tertiary/aromatic N) is 4. The maximum Gasteiger partial charge on any atom is 0.304 e. The number of aliphatic carboxylic acids is 1. The second-order valence-corrected chi connectivity index (χ2v) is 6.68. The molecular formula is C13H16N4O4S. The van der Waals surface area contributed by atoms with Crippen molar-refractivity contribution in [3.05, 3.63) is 42.5 Å². The Hall–Kier alpha value is -2.26. The normalized spacial score (nSPS) is 11.7. The predicted molar refractivity (Wildman–Crippen MR) is 77.6 cm³/mol. The van der Waals surface area contributed by atoms with Gasteiger partial charge in [0.15, 0.2) is 0 Å². The monoisotopic (exact) mass is 324 g/mol. The van der Waals surface area contributed by atoms with Gasteiger partial charge in [-0.2, -0.15) is 5.10 Å². The minimum Gasteiger partial charge on any atom is -0.481 e. The van der Waals surface area contributed by atoms with Crippen LogP contribution in [0.3, 0.4) is 0 Å². The maximum atomic E-state index is 12.6. The molecule has 22 heavy (non-hydrogen) atoms. The zero-order chi connectivity index (χ0) is 16.2. The summed E-state index contributed by atoms with van der Waals surface area (Å²) in [6, 6.07) is 6.56. The molecule has 8 nitrogen and oxygen atoms in total. The van der Waals surface area contributed by atoms with E-state index in [1.165, 1.54) is 30.5 Å². The van der Waals surface area contributed by atoms with Crippen LogP contribution in [0.5, 0.6) is 0 Å². The molecule has 1 heterocycles. The van der Waals surface area contributed by atoms with Gasteiger partial charge in [-0.05, 0) is 11.6 Å². The SMILES string of the molecule is CN(CCC(=O)O)S(=O)(=O)c1ccccc1Cn1cncn1. The number of benzene rings is 1. The van der Waals surface area contributed by atoms with E-state index in [1.807, 2.05) is 0 Å². The number of rotatable bonds is 7. The lowest BCUT2D eigenvalue weighted by atomic mass is 10.2. The molecule has 0 radical (unpaired) electrons. The Bertz CT molecular complexity index is 743. The van der Waals surface area contributed by atoms with Crippen molar-refractivity contribution in [1.29, 1.82) is 0 Å². The van der Waals surface area contributed by atoms with Crippen LogP contribution in [-0.2, 0) is 21.4 Å². The minimum absolute atomic E-state index is 0.0880. The minimum atomic E-state index is -3.76. The van der Waals surface area contributed by atoms with Crippen LogP contribution in [0.4, 0.5) is 0 Å². The van der Waals surface area contributed by atoms with Crippen LogP contribution < -0.4 is 0 Å². The van der Waals surface area contributed by atoms with Crippen molar-refractivity contribution in [2.24, 2.45) is 0 Å². The van der Waals surface area contributed by atoms with Crippen molar-refractivity contribution in [1.82, 2.24) is 19.1 Å². The van der Waals surface area contributed by atoms with E-state index in [-0.39, 0.29) is 24.4 Å². The Kier molecular flexibility index (Phi) is 4.88. The second kappa shape index (κ2) is 6.67. The fourth-order valence-corrected chi connectivity index (χ4v) is 3.30. The Balaban J connectivity index is 2.28. The van der Waals surface area contributed by atoms with Crippen molar-refractivity contribution in [3.63, 3.8) is 0 Å². The molecule has 9 heteroatoms. The van der Waals surface area contributed by atoms with Crippen LogP contribution in [0.15, 0.2) is 41.8 Å². The lowest BCUT2D eigenvalue weighted by Gasteiger charge is -2.18. The zero-order valence-corrected chi connectivity index (χ0v) is 12.8. The number of sulfonamides is 1. The molecule has 0 aliphatic rings. The van der Waals surface area contributed by atoms with E-state index in [4.69, 9.17) is 5.11 Å². The molecule has 0 saturated heterocycles. The van der Waals surface area contributed by atoms with Crippen LogP contribution >= 0.6 is 0 Å². The van der Waals surface area contributed by atoms with Gasteiger partial charge < -0.3 is 5.11 Å². The lowest BCUT2D eigenvalue weighted by Crippen LogP contribution is -2.30. The van der Waals surface area contributed by atoms with Crippen molar-refractivity contribution < 1.29 is 18.3 Å². The van der Waals surface area contributed by atoms with E-state index in [0.717, 1.165) is 4.31 Å². The van der Waals surface area contributed by atoms with Crippen LogP contribution in [0.2, 0.25) is 0 Å². The molecule has 0 amide bonds. The first-order valence-corrected chi connectivity index (χ1v) is 7.93. The average Bonchev–Trinajstić information content (AvgIpc) is 2.98. The largest absolute Gasteiger partial charge is 0.481 e. The molecule has 0 saturated carbocycles. The van der Waals surface area contributed by atoms with E-state index < -0.39 is 16.0 Å². The van der Waals surface area contributed by atoms with Crippen molar-refractivity contribution >= 4 is 16.0 Å². The molecule has 1 N–H and O–H groups in total. The fourth-order valence-electron chi connectivity index (χ4n) is 1.92. The van der Waals surface area contributed by atoms with Gasteiger partial charge in [0, 0.05) is 13.6 Å². The molecule has 0 aliphatic carbocycles. The summed E-state index contributed by atoms with van der Waals surface area (Å²) in [5.74, 6) is -1.04. The molecule has 118 valence electrons. The summed E-state index contributed by atoms with van der Waals surface area (Å²) < 4.78 is 27.7. The van der Waals surface area contributed by atoms with Gasteiger partial charge in [0.05, 0.1) is 17.9 Å². The number of carbonyl (C=O) groups is 1. The van der Waals surface area contributed by atoms with Gasteiger partial charge in [-0.3, -0.25) is 4.79 Å². The number of carboxylic acid groups (broad SMARTS) is 1. The summed E-state index contributed by atoms with van der Waals surface area (Å²) in [4.78, 5) is 14.6. The summed E-state index contributed by atoms with van der Waals surface area (Å²) in [6.07, 6.45) is 2.62. The molecule has 0 bridgehead atoms. The Labute approximate surface area is 128 Å². The van der Waals surface area contributed by atoms with Crippen LogP contribution in [-0.4, -0.2) is 52.2 Å². The van der Waals surface area contributed by atoms with Gasteiger partial charge in [-0.1, -0.05) is 18.2 Å². The molecule has 2 rings (SSSR count). The molecule has 0 unspecified atom stereocenters. The molecule has 0 spiro atoms. The Morgan fingerprint density at radius 3 is 2.73 bits per heavy atom. The Morgan fingerprint density at radius 1 is 1.36 bits per heavy atom. The summed E-state index contributed by atoms with van der Waals surface area (Å²) in [7, 11) is -2.39. The highest BCUT2D eigenvalue weighted by Gasteiger charge is 2.24. The maximum absolute atomic E-state index is 12.6. The Morgan fingerprint density at radius 2 is 2.09 bits per heavy atom. The predicted octanol–water partition coefficient (Wildman–Crippen LogP) is 0.422. The summed E-state index contributed by atoms with van der Waals surface area (Å²) in [5, 5.41) is 12.6. The third-order valence-electron chi connectivity index (χ3n) is 3.10. The third-order valence-corrected chi connectivity index (χ3v) is 5.06. The van der Waals surface area contributed by atoms with Gasteiger partial charge in [0.1, 0.15) is 12.7 Å². The zero-order valence-electron chi connectivity index (χ0n) is 12.0. The number of hydrogen-bond acceptors (Lipinski definition) is 5. The molecule has 2 aromatic rings. The van der Waals surface area contributed by atoms with Gasteiger partial charge >= 0.3 is 5.97 Å². The fraction of sp³-hybridized carbons (Fsp3) is 0.308. The van der Waals surface area contributed by atoms with Gasteiger partial charge in [-0.25, -0.2) is 22.4 Å². The summed E-state index contributed by atoms with van der Waals surface area (Å²) >= 11 is 0. The van der Waals surface area contributed by atoms with Crippen molar-refractivity contribution in [2.75, 3.05) is 13.6 Å². The first-order valence-electron chi connectivity index (χ1n) is 6.49. The van der Waals surface area contributed by atoms with E-state index in [2.05, 4.69) is 10.1 Å². The van der Waals surface area contributed by atoms with E-state index >= 15 is 0 Å². The van der Waals surface area contributed by atoms with Crippen LogP contribution in [0, 0.1) is 0 Å². The van der Waals surface area contributed by atoms with Crippen molar-refractivity contribution in [2.45, 2.75) is 17.9 Å². The quantitative estimate of drug-likeness (QED) is 0.791. The van der Waals surface area contributed by atoms with Gasteiger partial charge in [-0.15, -0.1) is 0 Å². The van der Waals surface area contributed by atoms with E-state index in [1.54, 1.807) is 18.2 Å². The van der Waals surface area contributed by atoms with Crippen LogP contribution in [0.1, 0.15) is 12.0 Å².